The molecule has 2 aliphatic rings. The van der Waals surface area contributed by atoms with E-state index in [2.05, 4.69) is 21.3 Å². The highest BCUT2D eigenvalue weighted by Gasteiger charge is 2.29. The van der Waals surface area contributed by atoms with Gasteiger partial charge in [-0.05, 0) is 12.1 Å². The molecule has 1 N–H and O–H groups in total. The van der Waals surface area contributed by atoms with Gasteiger partial charge in [0.2, 0.25) is 5.91 Å². The monoisotopic (exact) mass is 292 g/mol. The molecule has 5 nitrogen and oxygen atoms in total. The van der Waals surface area contributed by atoms with Crippen LogP contribution in [0, 0.1) is 0 Å². The fraction of sp³-hybridized carbons (Fsp3) is 0.571. The zero-order valence-electron chi connectivity index (χ0n) is 11.5. The predicted octanol–water partition coefficient (Wildman–Crippen LogP) is 0.388. The number of carbonyl (C=O) groups is 1. The smallest absolute Gasteiger partial charge is 0.240 e. The first-order valence-electron chi connectivity index (χ1n) is 7.05. The van der Waals surface area contributed by atoms with E-state index in [1.807, 2.05) is 23.2 Å². The number of aromatic nitrogens is 1. The van der Waals surface area contributed by atoms with Gasteiger partial charge in [-0.1, -0.05) is 6.07 Å². The van der Waals surface area contributed by atoms with Crippen molar-refractivity contribution in [2.45, 2.75) is 12.6 Å². The molecule has 1 aromatic rings. The van der Waals surface area contributed by atoms with Gasteiger partial charge in [0.05, 0.1) is 11.7 Å². The Hall–Kier alpha value is -1.11. The van der Waals surface area contributed by atoms with Crippen molar-refractivity contribution >= 4 is 17.7 Å². The van der Waals surface area contributed by atoms with Gasteiger partial charge < -0.3 is 4.90 Å². The van der Waals surface area contributed by atoms with Crippen LogP contribution >= 0.6 is 11.8 Å². The topological polar surface area (TPSA) is 48.5 Å². The maximum atomic E-state index is 12.3. The van der Waals surface area contributed by atoms with Gasteiger partial charge in [-0.15, -0.1) is 11.8 Å². The number of carbonyl (C=O) groups excluding carboxylic acids is 1. The quantitative estimate of drug-likeness (QED) is 0.873. The first-order valence-corrected chi connectivity index (χ1v) is 8.20. The van der Waals surface area contributed by atoms with Crippen molar-refractivity contribution in [1.29, 1.82) is 0 Å². The van der Waals surface area contributed by atoms with Gasteiger partial charge in [-0.3, -0.25) is 20.0 Å². The number of nitrogens with zero attached hydrogens (tertiary/aromatic N) is 3. The van der Waals surface area contributed by atoms with Gasteiger partial charge in [0, 0.05) is 50.6 Å². The molecular formula is C14H20N4OS. The molecule has 0 radical (unpaired) electrons. The van der Waals surface area contributed by atoms with E-state index in [1.54, 1.807) is 11.8 Å². The molecule has 108 valence electrons. The maximum Gasteiger partial charge on any atom is 0.240 e. The molecule has 3 heterocycles. The van der Waals surface area contributed by atoms with Gasteiger partial charge >= 0.3 is 0 Å². The summed E-state index contributed by atoms with van der Waals surface area (Å²) in [5.41, 5.74) is 1.10. The average molecular weight is 292 g/mol. The molecule has 2 saturated heterocycles. The number of hydrogen-bond acceptors (Lipinski definition) is 5. The fourth-order valence-electron chi connectivity index (χ4n) is 2.62. The lowest BCUT2D eigenvalue weighted by molar-refractivity contribution is -0.134. The van der Waals surface area contributed by atoms with Crippen LogP contribution in [0.15, 0.2) is 24.4 Å². The Kier molecular flexibility index (Phi) is 4.54. The van der Waals surface area contributed by atoms with Crippen LogP contribution in [-0.4, -0.2) is 64.5 Å². The summed E-state index contributed by atoms with van der Waals surface area (Å²) in [5.74, 6) is 2.08. The molecule has 20 heavy (non-hydrogen) atoms. The summed E-state index contributed by atoms with van der Waals surface area (Å²) >= 11 is 1.80. The number of rotatable bonds is 3. The molecule has 3 rings (SSSR count). The Morgan fingerprint density at radius 1 is 1.35 bits per heavy atom. The van der Waals surface area contributed by atoms with Crippen LogP contribution in [0.2, 0.25) is 0 Å². The second kappa shape index (κ2) is 6.56. The van der Waals surface area contributed by atoms with Crippen molar-refractivity contribution in [3.63, 3.8) is 0 Å². The van der Waals surface area contributed by atoms with Crippen LogP contribution in [0.25, 0.3) is 0 Å². The SMILES string of the molecule is O=C(C1CSCN1)N1CCN(Cc2ccccn2)CC1. The van der Waals surface area contributed by atoms with Crippen molar-refractivity contribution in [3.8, 4) is 0 Å². The molecule has 1 atom stereocenters. The Morgan fingerprint density at radius 2 is 2.20 bits per heavy atom. The summed E-state index contributed by atoms with van der Waals surface area (Å²) in [4.78, 5) is 21.0. The molecule has 1 amide bonds. The fourth-order valence-corrected chi connectivity index (χ4v) is 3.55. The molecule has 0 saturated carbocycles. The largest absolute Gasteiger partial charge is 0.339 e. The minimum atomic E-state index is 0.0299. The molecule has 0 aliphatic carbocycles. The van der Waals surface area contributed by atoms with Gasteiger partial charge in [0.15, 0.2) is 0 Å². The molecule has 0 spiro atoms. The minimum absolute atomic E-state index is 0.0299. The molecule has 6 heteroatoms. The molecule has 0 aromatic carbocycles. The molecule has 2 fully saturated rings. The number of thioether (sulfide) groups is 1. The van der Waals surface area contributed by atoms with Gasteiger partial charge in [-0.25, -0.2) is 0 Å². The van der Waals surface area contributed by atoms with Crippen LogP contribution in [0.3, 0.4) is 0 Å². The minimum Gasteiger partial charge on any atom is -0.339 e. The molecule has 0 bridgehead atoms. The van der Waals surface area contributed by atoms with E-state index in [4.69, 9.17) is 0 Å². The summed E-state index contributed by atoms with van der Waals surface area (Å²) < 4.78 is 0. The van der Waals surface area contributed by atoms with Gasteiger partial charge in [0.25, 0.3) is 0 Å². The highest BCUT2D eigenvalue weighted by Crippen LogP contribution is 2.14. The summed E-state index contributed by atoms with van der Waals surface area (Å²) in [6.45, 7) is 4.40. The second-order valence-corrected chi connectivity index (χ2v) is 6.22. The predicted molar refractivity (Wildman–Crippen MR) is 80.3 cm³/mol. The third kappa shape index (κ3) is 3.31. The first-order chi connectivity index (χ1) is 9.83. The van der Waals surface area contributed by atoms with E-state index in [0.29, 0.717) is 0 Å². The van der Waals surface area contributed by atoms with Crippen molar-refractivity contribution in [2.75, 3.05) is 37.8 Å². The number of pyridine rings is 1. The van der Waals surface area contributed by atoms with Crippen molar-refractivity contribution in [1.82, 2.24) is 20.1 Å². The van der Waals surface area contributed by atoms with E-state index in [9.17, 15) is 4.79 Å². The van der Waals surface area contributed by atoms with Crippen LogP contribution in [-0.2, 0) is 11.3 Å². The Balaban J connectivity index is 1.48. The Labute approximate surface area is 123 Å². The van der Waals surface area contributed by atoms with E-state index < -0.39 is 0 Å². The van der Waals surface area contributed by atoms with Crippen molar-refractivity contribution in [3.05, 3.63) is 30.1 Å². The third-order valence-corrected chi connectivity index (χ3v) is 4.75. The first kappa shape index (κ1) is 13.9. The lowest BCUT2D eigenvalue weighted by Crippen LogP contribution is -2.53. The maximum absolute atomic E-state index is 12.3. The summed E-state index contributed by atoms with van der Waals surface area (Å²) in [5, 5.41) is 3.25. The number of nitrogens with one attached hydrogen (secondary N) is 1. The summed E-state index contributed by atoms with van der Waals surface area (Å²) in [6.07, 6.45) is 1.83. The molecular weight excluding hydrogens is 272 g/mol. The highest BCUT2D eigenvalue weighted by molar-refractivity contribution is 7.99. The number of piperazine rings is 1. The molecule has 2 aliphatic heterocycles. The number of hydrogen-bond donors (Lipinski definition) is 1. The normalized spacial score (nSPS) is 24.0. The van der Waals surface area contributed by atoms with E-state index in [-0.39, 0.29) is 11.9 Å². The summed E-state index contributed by atoms with van der Waals surface area (Å²) in [7, 11) is 0. The second-order valence-electron chi connectivity index (χ2n) is 5.19. The molecule has 1 aromatic heterocycles. The zero-order valence-corrected chi connectivity index (χ0v) is 12.3. The average Bonchev–Trinajstić information content (AvgIpc) is 3.03. The van der Waals surface area contributed by atoms with Crippen LogP contribution in [0.1, 0.15) is 5.69 Å². The standard InChI is InChI=1S/C14H20N4OS/c19-14(13-10-20-11-16-13)18-7-5-17(6-8-18)9-12-3-1-2-4-15-12/h1-4,13,16H,5-11H2. The van der Waals surface area contributed by atoms with E-state index in [1.165, 1.54) is 0 Å². The van der Waals surface area contributed by atoms with Crippen LogP contribution < -0.4 is 5.32 Å². The van der Waals surface area contributed by atoms with Gasteiger partial charge in [0.1, 0.15) is 0 Å². The highest BCUT2D eigenvalue weighted by atomic mass is 32.2. The van der Waals surface area contributed by atoms with E-state index in [0.717, 1.165) is 50.0 Å². The lowest BCUT2D eigenvalue weighted by atomic mass is 10.2. The van der Waals surface area contributed by atoms with Gasteiger partial charge in [-0.2, -0.15) is 0 Å². The Morgan fingerprint density at radius 3 is 2.85 bits per heavy atom. The van der Waals surface area contributed by atoms with Crippen LogP contribution in [0.4, 0.5) is 0 Å². The summed E-state index contributed by atoms with van der Waals surface area (Å²) in [6, 6.07) is 6.04. The van der Waals surface area contributed by atoms with E-state index >= 15 is 0 Å². The van der Waals surface area contributed by atoms with Crippen molar-refractivity contribution < 1.29 is 4.79 Å². The zero-order chi connectivity index (χ0) is 13.8. The van der Waals surface area contributed by atoms with Crippen LogP contribution in [0.5, 0.6) is 0 Å². The number of amides is 1. The lowest BCUT2D eigenvalue weighted by Gasteiger charge is -2.35. The Bertz CT molecular complexity index is 442. The van der Waals surface area contributed by atoms with Crippen molar-refractivity contribution in [2.24, 2.45) is 0 Å². The third-order valence-electron chi connectivity index (χ3n) is 3.81. The molecule has 1 unspecified atom stereocenters.